The van der Waals surface area contributed by atoms with E-state index in [1.165, 1.54) is 10.7 Å². The van der Waals surface area contributed by atoms with E-state index < -0.39 is 29.4 Å². The molecule has 0 aliphatic carbocycles. The molecule has 2 aromatic carbocycles. The Bertz CT molecular complexity index is 1200. The smallest absolute Gasteiger partial charge is 0.305 e. The van der Waals surface area contributed by atoms with Crippen LogP contribution in [0.15, 0.2) is 54.6 Å². The molecule has 0 bridgehead atoms. The summed E-state index contributed by atoms with van der Waals surface area (Å²) in [4.78, 5) is 24.6. The predicted octanol–water partition coefficient (Wildman–Crippen LogP) is 4.57. The summed E-state index contributed by atoms with van der Waals surface area (Å²) in [6, 6.07) is 15.0. The molecule has 3 N–H and O–H groups in total. The van der Waals surface area contributed by atoms with Crippen LogP contribution in [0.5, 0.6) is 5.88 Å². The number of nitrogens with one attached hydrogen (secondary N) is 1. The van der Waals surface area contributed by atoms with Crippen LogP contribution in [0.25, 0.3) is 5.69 Å². The molecule has 3 aromatic rings. The Morgan fingerprint density at radius 3 is 2.49 bits per heavy atom. The summed E-state index contributed by atoms with van der Waals surface area (Å²) in [6.07, 6.45) is -1.06. The summed E-state index contributed by atoms with van der Waals surface area (Å²) in [5, 5.41) is 27.4. The average molecular weight is 500 g/mol. The van der Waals surface area contributed by atoms with E-state index in [-0.39, 0.29) is 24.6 Å². The molecule has 8 nitrogen and oxygen atoms in total. The number of carboxylic acid groups (broad SMARTS) is 1. The van der Waals surface area contributed by atoms with Gasteiger partial charge in [-0.15, -0.1) is 0 Å². The van der Waals surface area contributed by atoms with Crippen LogP contribution in [-0.4, -0.2) is 44.6 Å². The molecule has 1 amide bonds. The SMILES string of the molecule is Cc1cccc([C@H](CC(=O)O)NC(=O)c2cc(OC[C@H](O)C(C)(C)C)n(-c3ccccc3Cl)n2)c1. The predicted molar refractivity (Wildman–Crippen MR) is 133 cm³/mol. The molecule has 3 rings (SSSR count). The Labute approximate surface area is 209 Å². The fraction of sp³-hybridized carbons (Fsp3) is 0.346. The summed E-state index contributed by atoms with van der Waals surface area (Å²) >= 11 is 6.36. The quantitative estimate of drug-likeness (QED) is 0.397. The largest absolute Gasteiger partial charge is 0.481 e. The second-order valence-electron chi connectivity index (χ2n) is 9.46. The van der Waals surface area contributed by atoms with E-state index >= 15 is 0 Å². The fourth-order valence-electron chi connectivity index (χ4n) is 3.33. The molecule has 2 atom stereocenters. The van der Waals surface area contributed by atoms with Crippen molar-refractivity contribution in [2.75, 3.05) is 6.61 Å². The van der Waals surface area contributed by atoms with Crippen molar-refractivity contribution in [3.63, 3.8) is 0 Å². The minimum atomic E-state index is -1.04. The van der Waals surface area contributed by atoms with Crippen LogP contribution in [0.1, 0.15) is 54.8 Å². The Morgan fingerprint density at radius 1 is 1.14 bits per heavy atom. The van der Waals surface area contributed by atoms with Gasteiger partial charge in [0.15, 0.2) is 5.69 Å². The first-order valence-electron chi connectivity index (χ1n) is 11.2. The number of aliphatic hydroxyl groups is 1. The molecule has 0 radical (unpaired) electrons. The van der Waals surface area contributed by atoms with Crippen molar-refractivity contribution in [3.05, 3.63) is 76.4 Å². The molecule has 35 heavy (non-hydrogen) atoms. The molecule has 0 aliphatic heterocycles. The van der Waals surface area contributed by atoms with E-state index in [1.54, 1.807) is 30.3 Å². The molecule has 0 fully saturated rings. The van der Waals surface area contributed by atoms with Crippen LogP contribution in [-0.2, 0) is 4.79 Å². The zero-order valence-electron chi connectivity index (χ0n) is 20.2. The number of nitrogens with zero attached hydrogens (tertiary/aromatic N) is 2. The van der Waals surface area contributed by atoms with E-state index in [0.29, 0.717) is 16.3 Å². The molecule has 186 valence electrons. The van der Waals surface area contributed by atoms with Gasteiger partial charge in [0.1, 0.15) is 6.61 Å². The second-order valence-corrected chi connectivity index (χ2v) is 9.87. The highest BCUT2D eigenvalue weighted by Crippen LogP contribution is 2.27. The topological polar surface area (TPSA) is 114 Å². The van der Waals surface area contributed by atoms with Crippen LogP contribution in [0.2, 0.25) is 5.02 Å². The lowest BCUT2D eigenvalue weighted by atomic mass is 9.90. The Balaban J connectivity index is 1.93. The number of carbonyl (C=O) groups is 2. The first kappa shape index (κ1) is 26.2. The normalized spacial score (nSPS) is 13.2. The van der Waals surface area contributed by atoms with Crippen LogP contribution >= 0.6 is 11.6 Å². The highest BCUT2D eigenvalue weighted by atomic mass is 35.5. The van der Waals surface area contributed by atoms with Gasteiger partial charge in [0.05, 0.1) is 29.3 Å². The van der Waals surface area contributed by atoms with Gasteiger partial charge in [-0.2, -0.15) is 9.78 Å². The van der Waals surface area contributed by atoms with E-state index in [1.807, 2.05) is 45.9 Å². The van der Waals surface area contributed by atoms with Gasteiger partial charge in [0.2, 0.25) is 5.88 Å². The van der Waals surface area contributed by atoms with Gasteiger partial charge in [-0.25, -0.2) is 0 Å². The molecule has 0 saturated heterocycles. The maximum Gasteiger partial charge on any atom is 0.305 e. The van der Waals surface area contributed by atoms with Crippen molar-refractivity contribution in [1.82, 2.24) is 15.1 Å². The van der Waals surface area contributed by atoms with Crippen LogP contribution in [0, 0.1) is 12.3 Å². The Hall–Kier alpha value is -3.36. The third-order valence-corrected chi connectivity index (χ3v) is 5.83. The summed E-state index contributed by atoms with van der Waals surface area (Å²) in [6.45, 7) is 7.53. The number of aliphatic carboxylic acids is 1. The van der Waals surface area contributed by atoms with Gasteiger partial charge in [0, 0.05) is 6.07 Å². The number of hydrogen-bond acceptors (Lipinski definition) is 5. The lowest BCUT2D eigenvalue weighted by molar-refractivity contribution is -0.137. The van der Waals surface area contributed by atoms with Gasteiger partial charge in [-0.3, -0.25) is 9.59 Å². The van der Waals surface area contributed by atoms with E-state index in [9.17, 15) is 19.8 Å². The molecule has 1 heterocycles. The minimum Gasteiger partial charge on any atom is -0.481 e. The van der Waals surface area contributed by atoms with E-state index in [0.717, 1.165) is 5.56 Å². The highest BCUT2D eigenvalue weighted by Gasteiger charge is 2.26. The zero-order chi connectivity index (χ0) is 25.8. The van der Waals surface area contributed by atoms with Crippen molar-refractivity contribution < 1.29 is 24.5 Å². The van der Waals surface area contributed by atoms with Gasteiger partial charge in [-0.05, 0) is 30.0 Å². The van der Waals surface area contributed by atoms with Crippen molar-refractivity contribution in [3.8, 4) is 11.6 Å². The van der Waals surface area contributed by atoms with Crippen molar-refractivity contribution in [1.29, 1.82) is 0 Å². The number of ether oxygens (including phenoxy) is 1. The van der Waals surface area contributed by atoms with Gasteiger partial charge in [0.25, 0.3) is 5.91 Å². The molecule has 9 heteroatoms. The number of aryl methyl sites for hydroxylation is 1. The molecule has 0 spiro atoms. The fourth-order valence-corrected chi connectivity index (χ4v) is 3.55. The first-order chi connectivity index (χ1) is 16.5. The molecular weight excluding hydrogens is 470 g/mol. The van der Waals surface area contributed by atoms with E-state index in [2.05, 4.69) is 10.4 Å². The number of carbonyl (C=O) groups excluding carboxylic acids is 1. The summed E-state index contributed by atoms with van der Waals surface area (Å²) in [5.41, 5.74) is 1.73. The number of aliphatic hydroxyl groups excluding tert-OH is 1. The zero-order valence-corrected chi connectivity index (χ0v) is 20.9. The standard InChI is InChI=1S/C26H30ClN3O5/c1-16-8-7-9-17(12-16)19(14-24(32)33)28-25(34)20-13-23(35-15-22(31)26(2,3)4)30(29-20)21-11-6-5-10-18(21)27/h5-13,19,22,31H,14-15H2,1-4H3,(H,28,34)(H,32,33)/t19-,22-/m0/s1. The van der Waals surface area contributed by atoms with E-state index in [4.69, 9.17) is 16.3 Å². The third-order valence-electron chi connectivity index (χ3n) is 5.51. The monoisotopic (exact) mass is 499 g/mol. The number of halogens is 1. The Morgan fingerprint density at radius 2 is 1.86 bits per heavy atom. The van der Waals surface area contributed by atoms with Gasteiger partial charge < -0.3 is 20.3 Å². The number of carboxylic acids is 1. The number of rotatable bonds is 9. The molecule has 0 saturated carbocycles. The number of para-hydroxylation sites is 1. The third kappa shape index (κ3) is 6.83. The number of hydrogen-bond donors (Lipinski definition) is 3. The van der Waals surface area contributed by atoms with Gasteiger partial charge >= 0.3 is 5.97 Å². The molecule has 0 unspecified atom stereocenters. The highest BCUT2D eigenvalue weighted by molar-refractivity contribution is 6.32. The van der Waals surface area contributed by atoms with Crippen molar-refractivity contribution in [2.24, 2.45) is 5.41 Å². The molecular formula is C26H30ClN3O5. The molecule has 1 aromatic heterocycles. The first-order valence-corrected chi connectivity index (χ1v) is 11.6. The lowest BCUT2D eigenvalue weighted by Crippen LogP contribution is -2.32. The maximum atomic E-state index is 13.2. The van der Waals surface area contributed by atoms with Crippen molar-refractivity contribution in [2.45, 2.75) is 46.3 Å². The average Bonchev–Trinajstić information content (AvgIpc) is 3.20. The van der Waals surface area contributed by atoms with Crippen LogP contribution < -0.4 is 10.1 Å². The Kier molecular flexibility index (Phi) is 8.19. The number of benzene rings is 2. The summed E-state index contributed by atoms with van der Waals surface area (Å²) in [7, 11) is 0. The summed E-state index contributed by atoms with van der Waals surface area (Å²) < 4.78 is 7.25. The summed E-state index contributed by atoms with van der Waals surface area (Å²) in [5.74, 6) is -1.39. The van der Waals surface area contributed by atoms with Crippen molar-refractivity contribution >= 4 is 23.5 Å². The maximum absolute atomic E-state index is 13.2. The second kappa shape index (κ2) is 10.9. The lowest BCUT2D eigenvalue weighted by Gasteiger charge is -2.25. The number of aromatic nitrogens is 2. The van der Waals surface area contributed by atoms with Crippen LogP contribution in [0.3, 0.4) is 0 Å². The minimum absolute atomic E-state index is 0.0215. The van der Waals surface area contributed by atoms with Gasteiger partial charge in [-0.1, -0.05) is 74.3 Å². The molecule has 0 aliphatic rings. The van der Waals surface area contributed by atoms with Crippen LogP contribution in [0.4, 0.5) is 0 Å². The number of amides is 1.